The maximum atomic E-state index is 12.3. The van der Waals surface area contributed by atoms with Crippen LogP contribution in [0.1, 0.15) is 51.5 Å². The highest BCUT2D eigenvalue weighted by atomic mass is 16.2. The number of hydrogen-bond donors (Lipinski definition) is 1. The standard InChI is InChI=1S/C16H24N4O2/c1-12(13-6-7-13)20-14(8-9-17-20)18-15(21)11-19-10-4-2-3-5-16(19)22/h8-9,12-13H,2-7,10-11H2,1H3,(H,18,21). The van der Waals surface area contributed by atoms with Gasteiger partial charge in [0.05, 0.1) is 18.8 Å². The largest absolute Gasteiger partial charge is 0.333 e. The van der Waals surface area contributed by atoms with Gasteiger partial charge in [-0.1, -0.05) is 6.42 Å². The van der Waals surface area contributed by atoms with Crippen molar-refractivity contribution in [3.8, 4) is 0 Å². The molecule has 0 spiro atoms. The Bertz CT molecular complexity index is 550. The molecular weight excluding hydrogens is 280 g/mol. The van der Waals surface area contributed by atoms with Gasteiger partial charge in [0.25, 0.3) is 0 Å². The van der Waals surface area contributed by atoms with Crippen LogP contribution in [0.5, 0.6) is 0 Å². The van der Waals surface area contributed by atoms with Crippen molar-refractivity contribution in [3.63, 3.8) is 0 Å². The number of hydrogen-bond acceptors (Lipinski definition) is 3. The minimum atomic E-state index is -0.139. The van der Waals surface area contributed by atoms with E-state index >= 15 is 0 Å². The van der Waals surface area contributed by atoms with E-state index in [1.165, 1.54) is 12.8 Å². The third-order valence-corrected chi connectivity index (χ3v) is 4.63. The summed E-state index contributed by atoms with van der Waals surface area (Å²) in [5.41, 5.74) is 0. The average Bonchev–Trinajstić information content (AvgIpc) is 3.27. The predicted molar refractivity (Wildman–Crippen MR) is 83.3 cm³/mol. The topological polar surface area (TPSA) is 67.2 Å². The molecule has 2 fully saturated rings. The minimum Gasteiger partial charge on any atom is -0.333 e. The first-order valence-corrected chi connectivity index (χ1v) is 8.26. The molecule has 2 aliphatic rings. The third-order valence-electron chi connectivity index (χ3n) is 4.63. The van der Waals surface area contributed by atoms with Crippen molar-refractivity contribution < 1.29 is 9.59 Å². The highest BCUT2D eigenvalue weighted by molar-refractivity contribution is 5.93. The van der Waals surface area contributed by atoms with Gasteiger partial charge in [-0.25, -0.2) is 4.68 Å². The Labute approximate surface area is 130 Å². The van der Waals surface area contributed by atoms with Crippen molar-refractivity contribution in [2.24, 2.45) is 5.92 Å². The first-order valence-electron chi connectivity index (χ1n) is 8.26. The predicted octanol–water partition coefficient (Wildman–Crippen LogP) is 2.20. The molecule has 0 bridgehead atoms. The van der Waals surface area contributed by atoms with Crippen molar-refractivity contribution >= 4 is 17.6 Å². The van der Waals surface area contributed by atoms with Crippen molar-refractivity contribution in [3.05, 3.63) is 12.3 Å². The summed E-state index contributed by atoms with van der Waals surface area (Å²) in [6.45, 7) is 2.96. The van der Waals surface area contributed by atoms with Gasteiger partial charge in [0, 0.05) is 19.0 Å². The normalized spacial score (nSPS) is 20.6. The Morgan fingerprint density at radius 1 is 1.41 bits per heavy atom. The number of nitrogens with one attached hydrogen (secondary N) is 1. The number of nitrogens with zero attached hydrogens (tertiary/aromatic N) is 3. The lowest BCUT2D eigenvalue weighted by Gasteiger charge is -2.20. The molecule has 3 rings (SSSR count). The fraction of sp³-hybridized carbons (Fsp3) is 0.688. The number of likely N-dealkylation sites (tertiary alicyclic amines) is 1. The Morgan fingerprint density at radius 3 is 3.00 bits per heavy atom. The summed E-state index contributed by atoms with van der Waals surface area (Å²) in [5.74, 6) is 1.35. The number of amides is 2. The molecule has 1 saturated carbocycles. The lowest BCUT2D eigenvalue weighted by Crippen LogP contribution is -2.38. The second-order valence-electron chi connectivity index (χ2n) is 6.41. The molecule has 0 aromatic carbocycles. The van der Waals surface area contributed by atoms with E-state index in [0.717, 1.165) is 25.1 Å². The van der Waals surface area contributed by atoms with E-state index in [4.69, 9.17) is 0 Å². The Hall–Kier alpha value is -1.85. The summed E-state index contributed by atoms with van der Waals surface area (Å²) < 4.78 is 1.89. The van der Waals surface area contributed by atoms with E-state index in [1.807, 2.05) is 10.7 Å². The molecule has 6 nitrogen and oxygen atoms in total. The van der Waals surface area contributed by atoms with Gasteiger partial charge in [0.2, 0.25) is 11.8 Å². The lowest BCUT2D eigenvalue weighted by atomic mass is 10.2. The van der Waals surface area contributed by atoms with Crippen LogP contribution in [-0.2, 0) is 9.59 Å². The van der Waals surface area contributed by atoms with E-state index in [2.05, 4.69) is 17.3 Å². The van der Waals surface area contributed by atoms with E-state index in [1.54, 1.807) is 11.1 Å². The highest BCUT2D eigenvalue weighted by Gasteiger charge is 2.31. The van der Waals surface area contributed by atoms with Crippen molar-refractivity contribution in [1.82, 2.24) is 14.7 Å². The van der Waals surface area contributed by atoms with Crippen LogP contribution in [0.3, 0.4) is 0 Å². The second-order valence-corrected chi connectivity index (χ2v) is 6.41. The van der Waals surface area contributed by atoms with Gasteiger partial charge < -0.3 is 10.2 Å². The second kappa shape index (κ2) is 6.50. The first-order chi connectivity index (χ1) is 10.6. The van der Waals surface area contributed by atoms with Crippen LogP contribution < -0.4 is 5.32 Å². The molecule has 1 aliphatic heterocycles. The molecule has 2 amide bonds. The molecule has 2 heterocycles. The quantitative estimate of drug-likeness (QED) is 0.906. The fourth-order valence-corrected chi connectivity index (χ4v) is 3.08. The van der Waals surface area contributed by atoms with Crippen LogP contribution in [-0.4, -0.2) is 39.6 Å². The van der Waals surface area contributed by atoms with E-state index in [-0.39, 0.29) is 18.4 Å². The monoisotopic (exact) mass is 304 g/mol. The molecule has 6 heteroatoms. The fourth-order valence-electron chi connectivity index (χ4n) is 3.08. The molecule has 120 valence electrons. The Morgan fingerprint density at radius 2 is 2.23 bits per heavy atom. The third kappa shape index (κ3) is 3.48. The molecule has 0 radical (unpaired) electrons. The summed E-state index contributed by atoms with van der Waals surface area (Å²) in [6, 6.07) is 2.13. The maximum absolute atomic E-state index is 12.3. The van der Waals surface area contributed by atoms with E-state index in [9.17, 15) is 9.59 Å². The zero-order chi connectivity index (χ0) is 15.5. The molecular formula is C16H24N4O2. The first kappa shape index (κ1) is 15.1. The maximum Gasteiger partial charge on any atom is 0.245 e. The van der Waals surface area contributed by atoms with Gasteiger partial charge >= 0.3 is 0 Å². The summed E-state index contributed by atoms with van der Waals surface area (Å²) in [7, 11) is 0. The lowest BCUT2D eigenvalue weighted by molar-refractivity contribution is -0.134. The Kier molecular flexibility index (Phi) is 4.45. The smallest absolute Gasteiger partial charge is 0.245 e. The van der Waals surface area contributed by atoms with Crippen LogP contribution in [0.25, 0.3) is 0 Å². The minimum absolute atomic E-state index is 0.0903. The number of rotatable bonds is 5. The van der Waals surface area contributed by atoms with Gasteiger partial charge in [-0.2, -0.15) is 5.10 Å². The number of carbonyl (C=O) groups excluding carboxylic acids is 2. The van der Waals surface area contributed by atoms with Crippen LogP contribution in [0.4, 0.5) is 5.82 Å². The highest BCUT2D eigenvalue weighted by Crippen LogP contribution is 2.40. The van der Waals surface area contributed by atoms with E-state index < -0.39 is 0 Å². The summed E-state index contributed by atoms with van der Waals surface area (Å²) >= 11 is 0. The van der Waals surface area contributed by atoms with Gasteiger partial charge in [-0.3, -0.25) is 9.59 Å². The van der Waals surface area contributed by atoms with Crippen molar-refractivity contribution in [1.29, 1.82) is 0 Å². The van der Waals surface area contributed by atoms with Gasteiger partial charge in [-0.15, -0.1) is 0 Å². The summed E-state index contributed by atoms with van der Waals surface area (Å²) in [5, 5.41) is 7.24. The summed E-state index contributed by atoms with van der Waals surface area (Å²) in [6.07, 6.45) is 7.72. The molecule has 1 saturated heterocycles. The van der Waals surface area contributed by atoms with E-state index in [0.29, 0.717) is 24.9 Å². The molecule has 1 N–H and O–H groups in total. The van der Waals surface area contributed by atoms with Gasteiger partial charge in [-0.05, 0) is 38.5 Å². The molecule has 1 aromatic heterocycles. The molecule has 1 unspecified atom stereocenters. The molecule has 1 atom stereocenters. The van der Waals surface area contributed by atoms with Crippen molar-refractivity contribution in [2.45, 2.75) is 51.5 Å². The van der Waals surface area contributed by atoms with Crippen LogP contribution >= 0.6 is 0 Å². The number of anilines is 1. The zero-order valence-electron chi connectivity index (χ0n) is 13.1. The van der Waals surface area contributed by atoms with Gasteiger partial charge in [0.15, 0.2) is 0 Å². The summed E-state index contributed by atoms with van der Waals surface area (Å²) in [4.78, 5) is 25.9. The molecule has 1 aromatic rings. The van der Waals surface area contributed by atoms with Crippen LogP contribution in [0.2, 0.25) is 0 Å². The SMILES string of the molecule is CC(C1CC1)n1nccc1NC(=O)CN1CCCCCC1=O. The molecule has 22 heavy (non-hydrogen) atoms. The van der Waals surface area contributed by atoms with Gasteiger partial charge in [0.1, 0.15) is 5.82 Å². The van der Waals surface area contributed by atoms with Crippen LogP contribution in [0, 0.1) is 5.92 Å². The van der Waals surface area contributed by atoms with Crippen molar-refractivity contribution in [2.75, 3.05) is 18.4 Å². The Balaban J connectivity index is 1.59. The zero-order valence-corrected chi connectivity index (χ0v) is 13.1. The van der Waals surface area contributed by atoms with Crippen LogP contribution in [0.15, 0.2) is 12.3 Å². The average molecular weight is 304 g/mol. The number of aromatic nitrogens is 2. The number of carbonyl (C=O) groups is 2. The molecule has 1 aliphatic carbocycles.